The molecule has 1 fully saturated rings. The van der Waals surface area contributed by atoms with Crippen LogP contribution in [0.5, 0.6) is 0 Å². The van der Waals surface area contributed by atoms with Crippen LogP contribution in [0.2, 0.25) is 0 Å². The molecule has 1 aromatic carbocycles. The first-order valence-electron chi connectivity index (χ1n) is 8.27. The van der Waals surface area contributed by atoms with Crippen LogP contribution in [0.15, 0.2) is 40.8 Å². The van der Waals surface area contributed by atoms with E-state index in [2.05, 4.69) is 5.32 Å². The Hall–Kier alpha value is -3.09. The van der Waals surface area contributed by atoms with Gasteiger partial charge in [-0.25, -0.2) is 4.79 Å². The van der Waals surface area contributed by atoms with Crippen molar-refractivity contribution in [1.82, 2.24) is 10.2 Å². The van der Waals surface area contributed by atoms with Gasteiger partial charge in [0.05, 0.1) is 0 Å². The zero-order valence-electron chi connectivity index (χ0n) is 15.2. The van der Waals surface area contributed by atoms with Crippen LogP contribution in [0.4, 0.5) is 10.5 Å². The lowest BCUT2D eigenvalue weighted by Crippen LogP contribution is -2.43. The van der Waals surface area contributed by atoms with Crippen LogP contribution in [0.3, 0.4) is 0 Å². The summed E-state index contributed by atoms with van der Waals surface area (Å²) in [7, 11) is 1.61. The van der Waals surface area contributed by atoms with Gasteiger partial charge in [-0.05, 0) is 39.0 Å². The number of imide groups is 1. The Labute approximate surface area is 151 Å². The maximum Gasteiger partial charge on any atom is 0.325 e. The molecule has 1 atom stereocenters. The molecule has 7 heteroatoms. The number of carbonyl (C=O) groups excluding carboxylic acids is 3. The summed E-state index contributed by atoms with van der Waals surface area (Å²) in [6.07, 6.45) is 0. The van der Waals surface area contributed by atoms with Crippen LogP contribution in [0.1, 0.15) is 24.0 Å². The third-order valence-corrected chi connectivity index (χ3v) is 4.67. The Balaban J connectivity index is 1.81. The minimum Gasteiger partial charge on any atom is -0.466 e. The molecule has 1 aliphatic rings. The number of nitrogens with zero attached hydrogens (tertiary/aromatic N) is 2. The highest BCUT2D eigenvalue weighted by molar-refractivity contribution is 6.10. The summed E-state index contributed by atoms with van der Waals surface area (Å²) < 4.78 is 5.49. The van der Waals surface area contributed by atoms with E-state index in [4.69, 9.17) is 4.42 Å². The van der Waals surface area contributed by atoms with Gasteiger partial charge >= 0.3 is 6.03 Å². The lowest BCUT2D eigenvalue weighted by molar-refractivity contribution is -0.134. The molecule has 0 aliphatic carbocycles. The Morgan fingerprint density at radius 3 is 2.46 bits per heavy atom. The zero-order valence-corrected chi connectivity index (χ0v) is 15.2. The van der Waals surface area contributed by atoms with Gasteiger partial charge in [-0.15, -0.1) is 0 Å². The van der Waals surface area contributed by atoms with Crippen LogP contribution in [0, 0.1) is 13.8 Å². The number of benzene rings is 1. The van der Waals surface area contributed by atoms with Gasteiger partial charge in [-0.1, -0.05) is 18.2 Å². The molecule has 0 bridgehead atoms. The molecule has 0 saturated carbocycles. The summed E-state index contributed by atoms with van der Waals surface area (Å²) in [5, 5.41) is 2.69. The fourth-order valence-electron chi connectivity index (χ4n) is 3.19. The van der Waals surface area contributed by atoms with Crippen molar-refractivity contribution in [3.05, 3.63) is 53.5 Å². The molecule has 4 amide bonds. The van der Waals surface area contributed by atoms with Crippen molar-refractivity contribution in [1.29, 1.82) is 0 Å². The van der Waals surface area contributed by atoms with Gasteiger partial charge < -0.3 is 14.6 Å². The second kappa shape index (κ2) is 6.33. The summed E-state index contributed by atoms with van der Waals surface area (Å²) in [6, 6.07) is 10.2. The predicted molar refractivity (Wildman–Crippen MR) is 95.6 cm³/mol. The molecule has 136 valence electrons. The van der Waals surface area contributed by atoms with Gasteiger partial charge in [-0.2, -0.15) is 0 Å². The Morgan fingerprint density at radius 2 is 1.88 bits per heavy atom. The highest BCUT2D eigenvalue weighted by Gasteiger charge is 2.51. The number of aryl methyl sites for hydroxylation is 2. The van der Waals surface area contributed by atoms with Gasteiger partial charge in [0.25, 0.3) is 5.91 Å². The van der Waals surface area contributed by atoms with Gasteiger partial charge in [0.2, 0.25) is 5.91 Å². The van der Waals surface area contributed by atoms with Gasteiger partial charge in [0.1, 0.15) is 23.6 Å². The first kappa shape index (κ1) is 17.7. The molecule has 0 radical (unpaired) electrons. The minimum atomic E-state index is -1.25. The monoisotopic (exact) mass is 355 g/mol. The number of anilines is 1. The zero-order chi connectivity index (χ0) is 19.1. The second-order valence-corrected chi connectivity index (χ2v) is 6.56. The van der Waals surface area contributed by atoms with E-state index in [0.717, 1.165) is 4.90 Å². The van der Waals surface area contributed by atoms with E-state index in [0.29, 0.717) is 22.8 Å². The molecule has 2 heterocycles. The standard InChI is InChI=1S/C19H21N3O4/c1-12-10-15(13(2)26-12)19(3)17(24)22(18(25)20-19)11-16(23)21(4)14-8-6-5-7-9-14/h5-10H,11H2,1-4H3,(H,20,25)/t19-/m0/s1. The Morgan fingerprint density at radius 1 is 1.23 bits per heavy atom. The Kier molecular flexibility index (Phi) is 4.31. The molecule has 1 N–H and O–H groups in total. The van der Waals surface area contributed by atoms with E-state index in [-0.39, 0.29) is 12.5 Å². The van der Waals surface area contributed by atoms with Crippen molar-refractivity contribution in [2.45, 2.75) is 26.3 Å². The van der Waals surface area contributed by atoms with E-state index in [9.17, 15) is 14.4 Å². The first-order valence-corrected chi connectivity index (χ1v) is 8.27. The van der Waals surface area contributed by atoms with Crippen LogP contribution in [-0.2, 0) is 15.1 Å². The maximum atomic E-state index is 12.9. The molecule has 0 unspecified atom stereocenters. The molecule has 1 aliphatic heterocycles. The van der Waals surface area contributed by atoms with E-state index in [1.165, 1.54) is 4.90 Å². The molecule has 1 aromatic heterocycles. The number of carbonyl (C=O) groups is 3. The fraction of sp³-hybridized carbons (Fsp3) is 0.316. The SMILES string of the molecule is Cc1cc([C@]2(C)NC(=O)N(CC(=O)N(C)c3ccccc3)C2=O)c(C)o1. The molecular weight excluding hydrogens is 334 g/mol. The van der Waals surface area contributed by atoms with E-state index >= 15 is 0 Å². The molecule has 26 heavy (non-hydrogen) atoms. The number of nitrogens with one attached hydrogen (secondary N) is 1. The van der Waals surface area contributed by atoms with E-state index in [1.807, 2.05) is 18.2 Å². The lowest BCUT2D eigenvalue weighted by Gasteiger charge is -2.22. The van der Waals surface area contributed by atoms with E-state index in [1.54, 1.807) is 46.0 Å². The topological polar surface area (TPSA) is 82.9 Å². The highest BCUT2D eigenvalue weighted by Crippen LogP contribution is 2.32. The summed E-state index contributed by atoms with van der Waals surface area (Å²) >= 11 is 0. The number of amides is 4. The number of hydrogen-bond acceptors (Lipinski definition) is 4. The molecule has 1 saturated heterocycles. The maximum absolute atomic E-state index is 12.9. The average Bonchev–Trinajstić information content (AvgIpc) is 3.06. The largest absolute Gasteiger partial charge is 0.466 e. The first-order chi connectivity index (χ1) is 12.2. The fourth-order valence-corrected chi connectivity index (χ4v) is 3.19. The third kappa shape index (κ3) is 2.85. The molecule has 7 nitrogen and oxygen atoms in total. The lowest BCUT2D eigenvalue weighted by atomic mass is 9.92. The number of hydrogen-bond donors (Lipinski definition) is 1. The average molecular weight is 355 g/mol. The summed E-state index contributed by atoms with van der Waals surface area (Å²) in [5.41, 5.74) is 0.0400. The Bertz CT molecular complexity index is 874. The summed E-state index contributed by atoms with van der Waals surface area (Å²) in [6.45, 7) is 4.80. The van der Waals surface area contributed by atoms with Crippen LogP contribution >= 0.6 is 0 Å². The second-order valence-electron chi connectivity index (χ2n) is 6.56. The van der Waals surface area contributed by atoms with Crippen LogP contribution in [-0.4, -0.2) is 36.3 Å². The van der Waals surface area contributed by atoms with Crippen molar-refractivity contribution >= 4 is 23.5 Å². The van der Waals surface area contributed by atoms with E-state index < -0.39 is 17.5 Å². The normalized spacial score (nSPS) is 19.6. The van der Waals surface area contributed by atoms with Crippen molar-refractivity contribution in [2.75, 3.05) is 18.5 Å². The molecule has 0 spiro atoms. The van der Waals surface area contributed by atoms with Gasteiger partial charge in [0, 0.05) is 18.3 Å². The smallest absolute Gasteiger partial charge is 0.325 e. The van der Waals surface area contributed by atoms with Crippen molar-refractivity contribution in [3.63, 3.8) is 0 Å². The van der Waals surface area contributed by atoms with Crippen molar-refractivity contribution < 1.29 is 18.8 Å². The third-order valence-electron chi connectivity index (χ3n) is 4.67. The van der Waals surface area contributed by atoms with Crippen LogP contribution in [0.25, 0.3) is 0 Å². The highest BCUT2D eigenvalue weighted by atomic mass is 16.3. The van der Waals surface area contributed by atoms with Crippen LogP contribution < -0.4 is 10.2 Å². The molecule has 2 aromatic rings. The minimum absolute atomic E-state index is 0.332. The predicted octanol–water partition coefficient (Wildman–Crippen LogP) is 2.33. The summed E-state index contributed by atoms with van der Waals surface area (Å²) in [5.74, 6) is 0.387. The number of likely N-dealkylation sites (N-methyl/N-ethyl adjacent to an activating group) is 1. The number of furan rings is 1. The van der Waals surface area contributed by atoms with Crippen molar-refractivity contribution in [2.24, 2.45) is 0 Å². The number of rotatable bonds is 4. The quantitative estimate of drug-likeness (QED) is 0.853. The number of para-hydroxylation sites is 1. The number of urea groups is 1. The van der Waals surface area contributed by atoms with Crippen molar-refractivity contribution in [3.8, 4) is 0 Å². The van der Waals surface area contributed by atoms with Gasteiger partial charge in [-0.3, -0.25) is 14.5 Å². The molecular formula is C19H21N3O4. The summed E-state index contributed by atoms with van der Waals surface area (Å²) in [4.78, 5) is 40.2. The van der Waals surface area contributed by atoms with Gasteiger partial charge in [0.15, 0.2) is 0 Å². The molecule has 3 rings (SSSR count).